The number of amides is 1. The minimum atomic E-state index is -4.55. The minimum Gasteiger partial charge on any atom is -0.507 e. The van der Waals surface area contributed by atoms with Crippen molar-refractivity contribution in [3.63, 3.8) is 0 Å². The van der Waals surface area contributed by atoms with Gasteiger partial charge in [0.1, 0.15) is 5.75 Å². The van der Waals surface area contributed by atoms with Gasteiger partial charge < -0.3 is 10.4 Å². The smallest absolute Gasteiger partial charge is 0.416 e. The number of nitrogens with zero attached hydrogens (tertiary/aromatic N) is 3. The standard InChI is InChI=1S/C20H15F3N4O2/c1-11-6-14(20(21,22)23)8-16(28)18(11)15-3-2-13-10-27(26-19(13)25-15)5-4-12-7-17(29)24-9-12/h2-3,6,8,10,12,28H,7,9H2,1H3,(H,24,29). The maximum Gasteiger partial charge on any atom is 0.416 e. The van der Waals surface area contributed by atoms with E-state index in [0.29, 0.717) is 35.8 Å². The molecule has 4 rings (SSSR count). The molecule has 1 fully saturated rings. The molecule has 3 heterocycles. The molecule has 1 amide bonds. The first-order valence-corrected chi connectivity index (χ1v) is 8.76. The van der Waals surface area contributed by atoms with Crippen LogP contribution in [0.3, 0.4) is 0 Å². The average Bonchev–Trinajstić information content (AvgIpc) is 3.23. The van der Waals surface area contributed by atoms with E-state index >= 15 is 0 Å². The second-order valence-electron chi connectivity index (χ2n) is 6.83. The summed E-state index contributed by atoms with van der Waals surface area (Å²) in [5, 5.41) is 17.8. The quantitative estimate of drug-likeness (QED) is 0.616. The summed E-state index contributed by atoms with van der Waals surface area (Å²) in [7, 11) is 0. The molecule has 0 saturated carbocycles. The van der Waals surface area contributed by atoms with E-state index in [1.807, 2.05) is 0 Å². The first-order valence-electron chi connectivity index (χ1n) is 8.76. The van der Waals surface area contributed by atoms with Gasteiger partial charge in [-0.05, 0) is 36.8 Å². The summed E-state index contributed by atoms with van der Waals surface area (Å²) < 4.78 is 40.2. The lowest BCUT2D eigenvalue weighted by Gasteiger charge is -2.13. The van der Waals surface area contributed by atoms with Gasteiger partial charge in [0.2, 0.25) is 5.91 Å². The van der Waals surface area contributed by atoms with Gasteiger partial charge >= 0.3 is 6.18 Å². The minimum absolute atomic E-state index is 0.0343. The van der Waals surface area contributed by atoms with E-state index in [9.17, 15) is 23.1 Å². The summed E-state index contributed by atoms with van der Waals surface area (Å²) in [6, 6.07) is 7.83. The number of benzene rings is 1. The number of aromatic nitrogens is 3. The molecule has 1 unspecified atom stereocenters. The number of pyridine rings is 1. The van der Waals surface area contributed by atoms with Crippen LogP contribution in [0.1, 0.15) is 17.5 Å². The highest BCUT2D eigenvalue weighted by Crippen LogP contribution is 2.38. The van der Waals surface area contributed by atoms with Crippen LogP contribution >= 0.6 is 0 Å². The Morgan fingerprint density at radius 3 is 2.76 bits per heavy atom. The van der Waals surface area contributed by atoms with E-state index in [1.54, 1.807) is 18.3 Å². The van der Waals surface area contributed by atoms with Crippen molar-refractivity contribution in [1.82, 2.24) is 20.1 Å². The summed E-state index contributed by atoms with van der Waals surface area (Å²) in [6.45, 7) is 1.98. The molecule has 3 aromatic rings. The number of aryl methyl sites for hydroxylation is 1. The second-order valence-corrected chi connectivity index (χ2v) is 6.83. The molecule has 1 saturated heterocycles. The molecule has 1 atom stereocenters. The highest BCUT2D eigenvalue weighted by Gasteiger charge is 2.32. The Balaban J connectivity index is 1.68. The number of phenolic OH excluding ortho intramolecular Hbond substituents is 1. The lowest BCUT2D eigenvalue weighted by molar-refractivity contribution is -0.137. The Bertz CT molecular complexity index is 1160. The van der Waals surface area contributed by atoms with E-state index in [0.717, 1.165) is 6.07 Å². The second kappa shape index (κ2) is 6.81. The number of carbonyl (C=O) groups excluding carboxylic acids is 1. The van der Waals surface area contributed by atoms with Crippen molar-refractivity contribution in [3.05, 3.63) is 41.6 Å². The summed E-state index contributed by atoms with van der Waals surface area (Å²) in [5.41, 5.74) is 0.204. The van der Waals surface area contributed by atoms with E-state index in [1.165, 1.54) is 11.6 Å². The third-order valence-corrected chi connectivity index (χ3v) is 4.63. The predicted octanol–water partition coefficient (Wildman–Crippen LogP) is 3.08. The zero-order valence-electron chi connectivity index (χ0n) is 15.2. The molecule has 2 N–H and O–H groups in total. The number of phenols is 1. The molecule has 6 nitrogen and oxygen atoms in total. The first-order chi connectivity index (χ1) is 13.7. The topological polar surface area (TPSA) is 80.0 Å². The number of alkyl halides is 3. The monoisotopic (exact) mass is 400 g/mol. The fourth-order valence-electron chi connectivity index (χ4n) is 3.23. The Morgan fingerprint density at radius 2 is 2.10 bits per heavy atom. The molecular weight excluding hydrogens is 385 g/mol. The number of fused-ring (bicyclic) bond motifs is 1. The molecule has 29 heavy (non-hydrogen) atoms. The summed E-state index contributed by atoms with van der Waals surface area (Å²) in [5.74, 6) is 2.36. The van der Waals surface area contributed by atoms with Crippen LogP contribution in [0, 0.1) is 24.8 Å². The van der Waals surface area contributed by atoms with Crippen molar-refractivity contribution in [2.75, 3.05) is 6.54 Å². The third kappa shape index (κ3) is 3.74. The highest BCUT2D eigenvalue weighted by molar-refractivity contribution is 5.81. The zero-order chi connectivity index (χ0) is 20.8. The normalized spacial score (nSPS) is 16.6. The van der Waals surface area contributed by atoms with Crippen LogP contribution in [-0.2, 0) is 11.0 Å². The number of rotatable bonds is 1. The van der Waals surface area contributed by atoms with Crippen molar-refractivity contribution >= 4 is 16.9 Å². The van der Waals surface area contributed by atoms with Gasteiger partial charge in [-0.2, -0.15) is 17.9 Å². The van der Waals surface area contributed by atoms with Gasteiger partial charge in [0.25, 0.3) is 0 Å². The summed E-state index contributed by atoms with van der Waals surface area (Å²) in [4.78, 5) is 15.6. The molecular formula is C20H15F3N4O2. The lowest BCUT2D eigenvalue weighted by atomic mass is 10.00. The number of nitrogens with one attached hydrogen (secondary N) is 1. The van der Waals surface area contributed by atoms with Crippen molar-refractivity contribution in [1.29, 1.82) is 0 Å². The average molecular weight is 400 g/mol. The maximum atomic E-state index is 12.9. The van der Waals surface area contributed by atoms with Crippen LogP contribution in [-0.4, -0.2) is 32.3 Å². The fraction of sp³-hybridized carbons (Fsp3) is 0.250. The van der Waals surface area contributed by atoms with E-state index in [-0.39, 0.29) is 23.0 Å². The third-order valence-electron chi connectivity index (χ3n) is 4.63. The highest BCUT2D eigenvalue weighted by atomic mass is 19.4. The summed E-state index contributed by atoms with van der Waals surface area (Å²) in [6.07, 6.45) is -2.53. The molecule has 1 aliphatic rings. The molecule has 1 aromatic carbocycles. The van der Waals surface area contributed by atoms with E-state index in [2.05, 4.69) is 27.4 Å². The SMILES string of the molecule is Cc1cc(C(F)(F)F)cc(O)c1-c1ccc2cn(C#CC3CNC(=O)C3)nc2n1. The van der Waals surface area contributed by atoms with Gasteiger partial charge in [-0.25, -0.2) is 4.98 Å². The fourth-order valence-corrected chi connectivity index (χ4v) is 3.23. The Hall–Kier alpha value is -3.54. The number of hydrogen-bond donors (Lipinski definition) is 2. The number of hydrogen-bond acceptors (Lipinski definition) is 4. The number of halogens is 3. The number of aromatic hydroxyl groups is 1. The van der Waals surface area contributed by atoms with E-state index in [4.69, 9.17) is 0 Å². The largest absolute Gasteiger partial charge is 0.507 e. The molecule has 0 aliphatic carbocycles. The predicted molar refractivity (Wildman–Crippen MR) is 98.7 cm³/mol. The van der Waals surface area contributed by atoms with Gasteiger partial charge in [0.15, 0.2) is 5.65 Å². The van der Waals surface area contributed by atoms with Crippen LogP contribution in [0.2, 0.25) is 0 Å². The molecule has 0 spiro atoms. The van der Waals surface area contributed by atoms with Crippen molar-refractivity contribution in [2.45, 2.75) is 19.5 Å². The molecule has 1 aliphatic heterocycles. The Labute approximate surface area is 163 Å². The van der Waals surface area contributed by atoms with Crippen molar-refractivity contribution < 1.29 is 23.1 Å². The van der Waals surface area contributed by atoms with Crippen molar-refractivity contribution in [3.8, 4) is 29.0 Å². The maximum absolute atomic E-state index is 12.9. The van der Waals surface area contributed by atoms with Crippen LogP contribution in [0.15, 0.2) is 30.5 Å². The molecule has 9 heteroatoms. The van der Waals surface area contributed by atoms with Gasteiger partial charge in [0, 0.05) is 42.1 Å². The Morgan fingerprint density at radius 1 is 1.31 bits per heavy atom. The van der Waals surface area contributed by atoms with Crippen LogP contribution in [0.4, 0.5) is 13.2 Å². The van der Waals surface area contributed by atoms with Crippen LogP contribution in [0.5, 0.6) is 5.75 Å². The van der Waals surface area contributed by atoms with Crippen molar-refractivity contribution in [2.24, 2.45) is 5.92 Å². The molecule has 0 bridgehead atoms. The number of carbonyl (C=O) groups is 1. The van der Waals surface area contributed by atoms with Gasteiger partial charge in [0.05, 0.1) is 11.3 Å². The van der Waals surface area contributed by atoms with Crippen LogP contribution < -0.4 is 5.32 Å². The summed E-state index contributed by atoms with van der Waals surface area (Å²) >= 11 is 0. The van der Waals surface area contributed by atoms with Crippen LogP contribution in [0.25, 0.3) is 22.3 Å². The molecule has 0 radical (unpaired) electrons. The van der Waals surface area contributed by atoms with Gasteiger partial charge in [-0.3, -0.25) is 4.79 Å². The molecule has 2 aromatic heterocycles. The zero-order valence-corrected chi connectivity index (χ0v) is 15.2. The van der Waals surface area contributed by atoms with Gasteiger partial charge in [-0.15, -0.1) is 5.10 Å². The van der Waals surface area contributed by atoms with E-state index < -0.39 is 17.5 Å². The first kappa shape index (κ1) is 18.8. The Kier molecular flexibility index (Phi) is 4.42. The van der Waals surface area contributed by atoms with Gasteiger partial charge in [-0.1, -0.05) is 5.92 Å². The molecule has 148 valence electrons. The lowest BCUT2D eigenvalue weighted by Crippen LogP contribution is -2.13.